The number of hydrogen-bond donors (Lipinski definition) is 8. The number of likely N-dealkylation sites (N-methyl/N-ethyl adjacent to an activating group) is 1. The smallest absolute Gasteiger partial charge is 0.173 e. The van der Waals surface area contributed by atoms with Crippen LogP contribution in [0.1, 0.15) is 12.8 Å². The van der Waals surface area contributed by atoms with Crippen LogP contribution in [0.25, 0.3) is 0 Å². The first-order chi connectivity index (χ1) is 12.2. The van der Waals surface area contributed by atoms with Gasteiger partial charge in [0.25, 0.3) is 0 Å². The molecule has 2 aliphatic heterocycles. The summed E-state index contributed by atoms with van der Waals surface area (Å²) in [4.78, 5) is 0. The Hall–Kier alpha value is -0.440. The molecule has 3 rings (SSSR count). The largest absolute Gasteiger partial charge is 0.389 e. The SMILES string of the molecule is CN[C@@H]1C(O)O[C@H]2C[C@@H](N)[C@@H](O[C@H]3[C@H](O)[C@@H](O)[C@H](N)C[C@@H]3N)O[C@@H]2[C@@H]1O. The van der Waals surface area contributed by atoms with Crippen molar-refractivity contribution in [2.75, 3.05) is 7.05 Å². The van der Waals surface area contributed by atoms with Crippen molar-refractivity contribution < 1.29 is 34.6 Å². The molecule has 11 heteroatoms. The van der Waals surface area contributed by atoms with E-state index in [9.17, 15) is 20.4 Å². The van der Waals surface area contributed by atoms with Crippen LogP contribution in [0.4, 0.5) is 0 Å². The third-order valence-corrected chi connectivity index (χ3v) is 5.55. The summed E-state index contributed by atoms with van der Waals surface area (Å²) >= 11 is 0. The fourth-order valence-electron chi connectivity index (χ4n) is 4.00. The van der Waals surface area contributed by atoms with Crippen LogP contribution in [0.2, 0.25) is 0 Å². The van der Waals surface area contributed by atoms with Crippen LogP contribution >= 0.6 is 0 Å². The number of nitrogens with two attached hydrogens (primary N) is 3. The van der Waals surface area contributed by atoms with Gasteiger partial charge >= 0.3 is 0 Å². The first kappa shape index (κ1) is 20.3. The van der Waals surface area contributed by atoms with Gasteiger partial charge in [0.05, 0.1) is 24.3 Å². The zero-order chi connectivity index (χ0) is 19.2. The summed E-state index contributed by atoms with van der Waals surface area (Å²) < 4.78 is 17.1. The molecular formula is C15H30N4O7. The Morgan fingerprint density at radius 2 is 1.58 bits per heavy atom. The Morgan fingerprint density at radius 3 is 2.23 bits per heavy atom. The van der Waals surface area contributed by atoms with E-state index in [2.05, 4.69) is 5.32 Å². The van der Waals surface area contributed by atoms with Gasteiger partial charge in [-0.05, 0) is 19.9 Å². The number of aliphatic hydroxyl groups excluding tert-OH is 4. The number of ether oxygens (including phenoxy) is 3. The highest BCUT2D eigenvalue weighted by Gasteiger charge is 2.51. The van der Waals surface area contributed by atoms with Crippen molar-refractivity contribution in [2.45, 2.75) is 86.2 Å². The van der Waals surface area contributed by atoms with Gasteiger partial charge in [-0.2, -0.15) is 0 Å². The summed E-state index contributed by atoms with van der Waals surface area (Å²) in [5.41, 5.74) is 17.9. The van der Waals surface area contributed by atoms with Gasteiger partial charge in [-0.25, -0.2) is 0 Å². The maximum absolute atomic E-state index is 10.5. The molecule has 2 saturated heterocycles. The van der Waals surface area contributed by atoms with Gasteiger partial charge in [0.1, 0.15) is 24.4 Å². The highest BCUT2D eigenvalue weighted by atomic mass is 16.7. The topological polar surface area (TPSA) is 199 Å². The van der Waals surface area contributed by atoms with Crippen LogP contribution in [-0.4, -0.2) is 101 Å². The summed E-state index contributed by atoms with van der Waals surface area (Å²) in [7, 11) is 1.59. The van der Waals surface area contributed by atoms with E-state index in [1.54, 1.807) is 7.05 Å². The Kier molecular flexibility index (Phi) is 6.16. The first-order valence-corrected chi connectivity index (χ1v) is 8.87. The first-order valence-electron chi connectivity index (χ1n) is 8.87. The molecular weight excluding hydrogens is 348 g/mol. The fourth-order valence-corrected chi connectivity index (χ4v) is 4.00. The Morgan fingerprint density at radius 1 is 0.885 bits per heavy atom. The molecule has 152 valence electrons. The lowest BCUT2D eigenvalue weighted by Crippen LogP contribution is -2.68. The van der Waals surface area contributed by atoms with Crippen molar-refractivity contribution in [1.82, 2.24) is 5.32 Å². The maximum atomic E-state index is 10.5. The minimum atomic E-state index is -1.28. The summed E-state index contributed by atoms with van der Waals surface area (Å²) in [6, 6.07) is -2.60. The van der Waals surface area contributed by atoms with Crippen molar-refractivity contribution in [2.24, 2.45) is 17.2 Å². The van der Waals surface area contributed by atoms with Crippen LogP contribution < -0.4 is 22.5 Å². The molecule has 0 amide bonds. The lowest BCUT2D eigenvalue weighted by Gasteiger charge is -2.49. The Labute approximate surface area is 151 Å². The van der Waals surface area contributed by atoms with Gasteiger partial charge in [-0.15, -0.1) is 0 Å². The van der Waals surface area contributed by atoms with E-state index in [0.29, 0.717) is 0 Å². The lowest BCUT2D eigenvalue weighted by atomic mass is 9.84. The molecule has 26 heavy (non-hydrogen) atoms. The van der Waals surface area contributed by atoms with E-state index in [1.807, 2.05) is 0 Å². The normalized spacial score (nSPS) is 55.4. The van der Waals surface area contributed by atoms with Crippen molar-refractivity contribution in [3.8, 4) is 0 Å². The highest BCUT2D eigenvalue weighted by molar-refractivity contribution is 5.00. The second kappa shape index (κ2) is 7.89. The number of nitrogens with one attached hydrogen (secondary N) is 1. The second-order valence-corrected chi connectivity index (χ2v) is 7.38. The summed E-state index contributed by atoms with van der Waals surface area (Å²) in [6.07, 6.45) is -7.36. The van der Waals surface area contributed by atoms with Gasteiger partial charge in [0.2, 0.25) is 0 Å². The molecule has 3 fully saturated rings. The standard InChI is InChI=1S/C15H30N4O7/c1-19-8-10(21)13-7(24-14(8)23)3-6(18)15(26-13)25-12-5(17)2-4(16)9(20)11(12)22/h4-15,19-23H,2-3,16-18H2,1H3/t4-,5+,6-,7+,8+,9+,10-,11-,12-,13+,14?,15+/m1/s1. The molecule has 0 aromatic rings. The van der Waals surface area contributed by atoms with E-state index in [0.717, 1.165) is 0 Å². The van der Waals surface area contributed by atoms with Gasteiger partial charge in [-0.1, -0.05) is 0 Å². The van der Waals surface area contributed by atoms with Gasteiger partial charge < -0.3 is 57.2 Å². The molecule has 11 nitrogen and oxygen atoms in total. The minimum absolute atomic E-state index is 0.274. The van der Waals surface area contributed by atoms with Crippen LogP contribution in [0.15, 0.2) is 0 Å². The van der Waals surface area contributed by atoms with E-state index in [4.69, 9.17) is 31.4 Å². The third kappa shape index (κ3) is 3.62. The van der Waals surface area contributed by atoms with Gasteiger partial charge in [0.15, 0.2) is 12.6 Å². The summed E-state index contributed by atoms with van der Waals surface area (Å²) in [6.45, 7) is 0. The predicted molar refractivity (Wildman–Crippen MR) is 88.4 cm³/mol. The molecule has 0 aromatic carbocycles. The lowest BCUT2D eigenvalue weighted by molar-refractivity contribution is -0.328. The molecule has 0 aromatic heterocycles. The molecule has 2 heterocycles. The Bertz CT molecular complexity index is 487. The molecule has 0 radical (unpaired) electrons. The molecule has 11 N–H and O–H groups in total. The van der Waals surface area contributed by atoms with Gasteiger partial charge in [-0.3, -0.25) is 0 Å². The number of fused-ring (bicyclic) bond motifs is 1. The number of hydrogen-bond acceptors (Lipinski definition) is 11. The quantitative estimate of drug-likeness (QED) is 0.234. The van der Waals surface area contributed by atoms with Crippen molar-refractivity contribution in [3.05, 3.63) is 0 Å². The molecule has 3 aliphatic rings. The highest BCUT2D eigenvalue weighted by Crippen LogP contribution is 2.33. The van der Waals surface area contributed by atoms with Crippen molar-refractivity contribution in [3.63, 3.8) is 0 Å². The molecule has 1 aliphatic carbocycles. The molecule has 0 spiro atoms. The molecule has 1 unspecified atom stereocenters. The van der Waals surface area contributed by atoms with E-state index < -0.39 is 73.4 Å². The number of rotatable bonds is 3. The third-order valence-electron chi connectivity index (χ3n) is 5.55. The average Bonchev–Trinajstić information content (AvgIpc) is 2.58. The monoisotopic (exact) mass is 378 g/mol. The van der Waals surface area contributed by atoms with Crippen LogP contribution in [0, 0.1) is 0 Å². The van der Waals surface area contributed by atoms with Crippen LogP contribution in [-0.2, 0) is 14.2 Å². The zero-order valence-electron chi connectivity index (χ0n) is 14.6. The van der Waals surface area contributed by atoms with E-state index >= 15 is 0 Å². The summed E-state index contributed by atoms with van der Waals surface area (Å²) in [5, 5.41) is 43.4. The molecule has 12 atom stereocenters. The zero-order valence-corrected chi connectivity index (χ0v) is 14.6. The van der Waals surface area contributed by atoms with Crippen LogP contribution in [0.3, 0.4) is 0 Å². The molecule has 0 bridgehead atoms. The predicted octanol–water partition coefficient (Wildman–Crippen LogP) is -4.74. The second-order valence-electron chi connectivity index (χ2n) is 7.38. The van der Waals surface area contributed by atoms with Crippen molar-refractivity contribution >= 4 is 0 Å². The van der Waals surface area contributed by atoms with Crippen LogP contribution in [0.5, 0.6) is 0 Å². The van der Waals surface area contributed by atoms with E-state index in [1.165, 1.54) is 0 Å². The van der Waals surface area contributed by atoms with E-state index in [-0.39, 0.29) is 12.8 Å². The van der Waals surface area contributed by atoms with Gasteiger partial charge in [0, 0.05) is 12.1 Å². The number of aliphatic hydroxyl groups is 4. The molecule has 1 saturated carbocycles. The average molecular weight is 378 g/mol. The maximum Gasteiger partial charge on any atom is 0.173 e. The minimum Gasteiger partial charge on any atom is -0.389 e. The Balaban J connectivity index is 1.69. The summed E-state index contributed by atoms with van der Waals surface area (Å²) in [5.74, 6) is 0. The fraction of sp³-hybridized carbons (Fsp3) is 1.00. The van der Waals surface area contributed by atoms with Crippen molar-refractivity contribution in [1.29, 1.82) is 0 Å².